The Bertz CT molecular complexity index is 607. The van der Waals surface area contributed by atoms with Gasteiger partial charge in [-0.2, -0.15) is 0 Å². The standard InChI is InChI=1S/C15H16FNO2S/c1-9(11-3-5-13(16)6-4-11)17-8-12-7-14(15(18)19)20-10(12)2/h3-7,9,17H,8H2,1-2H3,(H,18,19). The second kappa shape index (κ2) is 6.15. The third kappa shape index (κ3) is 3.43. The molecule has 2 rings (SSSR count). The van der Waals surface area contributed by atoms with E-state index in [9.17, 15) is 9.18 Å². The Labute approximate surface area is 121 Å². The van der Waals surface area contributed by atoms with Crippen molar-refractivity contribution in [3.8, 4) is 0 Å². The second-order valence-electron chi connectivity index (χ2n) is 4.65. The van der Waals surface area contributed by atoms with E-state index >= 15 is 0 Å². The van der Waals surface area contributed by atoms with Gasteiger partial charge in [0, 0.05) is 17.5 Å². The van der Waals surface area contributed by atoms with Gasteiger partial charge in [0.25, 0.3) is 0 Å². The van der Waals surface area contributed by atoms with Crippen molar-refractivity contribution in [2.45, 2.75) is 26.4 Å². The fourth-order valence-corrected chi connectivity index (χ4v) is 2.81. The molecule has 3 nitrogen and oxygen atoms in total. The Morgan fingerprint density at radius 2 is 2.05 bits per heavy atom. The van der Waals surface area contributed by atoms with Gasteiger partial charge in [-0.1, -0.05) is 12.1 Å². The summed E-state index contributed by atoms with van der Waals surface area (Å²) in [6, 6.07) is 8.14. The van der Waals surface area contributed by atoms with Crippen molar-refractivity contribution in [1.29, 1.82) is 0 Å². The molecule has 2 aromatic rings. The summed E-state index contributed by atoms with van der Waals surface area (Å²) in [4.78, 5) is 12.3. The molecule has 0 aliphatic rings. The molecule has 1 heterocycles. The topological polar surface area (TPSA) is 49.3 Å². The zero-order valence-electron chi connectivity index (χ0n) is 11.3. The van der Waals surface area contributed by atoms with Crippen LogP contribution in [0.15, 0.2) is 30.3 Å². The highest BCUT2D eigenvalue weighted by molar-refractivity contribution is 7.14. The average molecular weight is 293 g/mol. The maximum absolute atomic E-state index is 12.9. The summed E-state index contributed by atoms with van der Waals surface area (Å²) in [5, 5.41) is 12.3. The van der Waals surface area contributed by atoms with E-state index in [4.69, 9.17) is 5.11 Å². The first-order chi connectivity index (χ1) is 9.47. The van der Waals surface area contributed by atoms with Gasteiger partial charge in [-0.05, 0) is 43.2 Å². The summed E-state index contributed by atoms with van der Waals surface area (Å²) in [5.41, 5.74) is 1.99. The van der Waals surface area contributed by atoms with E-state index in [1.807, 2.05) is 13.8 Å². The number of benzene rings is 1. The third-order valence-electron chi connectivity index (χ3n) is 3.20. The van der Waals surface area contributed by atoms with Crippen molar-refractivity contribution in [1.82, 2.24) is 5.32 Å². The predicted octanol–water partition coefficient (Wildman–Crippen LogP) is 3.74. The number of nitrogens with one attached hydrogen (secondary N) is 1. The minimum atomic E-state index is -0.893. The smallest absolute Gasteiger partial charge is 0.345 e. The Hall–Kier alpha value is -1.72. The lowest BCUT2D eigenvalue weighted by Crippen LogP contribution is -2.18. The SMILES string of the molecule is Cc1sc(C(=O)O)cc1CNC(C)c1ccc(F)cc1. The molecule has 0 aliphatic heterocycles. The summed E-state index contributed by atoms with van der Waals surface area (Å²) in [6.07, 6.45) is 0. The maximum atomic E-state index is 12.9. The molecule has 1 aromatic carbocycles. The van der Waals surface area contributed by atoms with Crippen molar-refractivity contribution in [2.24, 2.45) is 0 Å². The van der Waals surface area contributed by atoms with Crippen LogP contribution in [-0.4, -0.2) is 11.1 Å². The van der Waals surface area contributed by atoms with E-state index in [0.717, 1.165) is 16.0 Å². The number of thiophene rings is 1. The lowest BCUT2D eigenvalue weighted by atomic mass is 10.1. The molecular formula is C15H16FNO2S. The number of aromatic carboxylic acids is 1. The average Bonchev–Trinajstić information content (AvgIpc) is 2.78. The monoisotopic (exact) mass is 293 g/mol. The fourth-order valence-electron chi connectivity index (χ4n) is 1.93. The van der Waals surface area contributed by atoms with Crippen molar-refractivity contribution >= 4 is 17.3 Å². The van der Waals surface area contributed by atoms with Gasteiger partial charge in [0.1, 0.15) is 10.7 Å². The molecule has 5 heteroatoms. The highest BCUT2D eigenvalue weighted by Gasteiger charge is 2.12. The molecule has 0 amide bonds. The molecule has 2 N–H and O–H groups in total. The van der Waals surface area contributed by atoms with E-state index in [-0.39, 0.29) is 11.9 Å². The largest absolute Gasteiger partial charge is 0.477 e. The van der Waals surface area contributed by atoms with E-state index in [0.29, 0.717) is 11.4 Å². The van der Waals surface area contributed by atoms with Crippen LogP contribution in [0.25, 0.3) is 0 Å². The summed E-state index contributed by atoms with van der Waals surface area (Å²) in [7, 11) is 0. The van der Waals surface area contributed by atoms with Gasteiger partial charge in [-0.25, -0.2) is 9.18 Å². The number of hydrogen-bond donors (Lipinski definition) is 2. The number of halogens is 1. The van der Waals surface area contributed by atoms with E-state index in [1.54, 1.807) is 18.2 Å². The van der Waals surface area contributed by atoms with E-state index < -0.39 is 5.97 Å². The highest BCUT2D eigenvalue weighted by atomic mass is 32.1. The fraction of sp³-hybridized carbons (Fsp3) is 0.267. The molecule has 0 radical (unpaired) electrons. The first-order valence-corrected chi connectivity index (χ1v) is 7.10. The quantitative estimate of drug-likeness (QED) is 0.882. The number of carboxylic acid groups (broad SMARTS) is 1. The van der Waals surface area contributed by atoms with Crippen LogP contribution in [-0.2, 0) is 6.54 Å². The zero-order chi connectivity index (χ0) is 14.7. The molecule has 0 saturated heterocycles. The van der Waals surface area contributed by atoms with Crippen LogP contribution in [0.3, 0.4) is 0 Å². The maximum Gasteiger partial charge on any atom is 0.345 e. The molecule has 1 unspecified atom stereocenters. The third-order valence-corrected chi connectivity index (χ3v) is 4.28. The van der Waals surface area contributed by atoms with Crippen molar-refractivity contribution in [3.05, 3.63) is 57.0 Å². The summed E-state index contributed by atoms with van der Waals surface area (Å²) >= 11 is 1.28. The van der Waals surface area contributed by atoms with Crippen LogP contribution in [0, 0.1) is 12.7 Å². The van der Waals surface area contributed by atoms with Crippen molar-refractivity contribution in [2.75, 3.05) is 0 Å². The van der Waals surface area contributed by atoms with Crippen LogP contribution < -0.4 is 5.32 Å². The van der Waals surface area contributed by atoms with Gasteiger partial charge in [-0.3, -0.25) is 0 Å². The molecular weight excluding hydrogens is 277 g/mol. The molecule has 0 fully saturated rings. The predicted molar refractivity (Wildman–Crippen MR) is 77.7 cm³/mol. The van der Waals surface area contributed by atoms with Gasteiger partial charge in [0.15, 0.2) is 0 Å². The normalized spacial score (nSPS) is 12.3. The zero-order valence-corrected chi connectivity index (χ0v) is 12.1. The van der Waals surface area contributed by atoms with Gasteiger partial charge in [0.05, 0.1) is 0 Å². The van der Waals surface area contributed by atoms with Crippen LogP contribution in [0.5, 0.6) is 0 Å². The highest BCUT2D eigenvalue weighted by Crippen LogP contribution is 2.22. The Morgan fingerprint density at radius 3 is 2.60 bits per heavy atom. The summed E-state index contributed by atoms with van der Waals surface area (Å²) in [6.45, 7) is 4.50. The number of rotatable bonds is 5. The lowest BCUT2D eigenvalue weighted by molar-refractivity contribution is 0.0702. The van der Waals surface area contributed by atoms with Crippen LogP contribution in [0.4, 0.5) is 4.39 Å². The number of hydrogen-bond acceptors (Lipinski definition) is 3. The second-order valence-corrected chi connectivity index (χ2v) is 5.91. The molecule has 0 bridgehead atoms. The minimum absolute atomic E-state index is 0.0724. The van der Waals surface area contributed by atoms with E-state index in [2.05, 4.69) is 5.32 Å². The number of carbonyl (C=O) groups is 1. The molecule has 0 saturated carbocycles. The molecule has 106 valence electrons. The first-order valence-electron chi connectivity index (χ1n) is 6.29. The van der Waals surface area contributed by atoms with Crippen LogP contribution in [0.1, 0.15) is 38.6 Å². The van der Waals surface area contributed by atoms with Crippen LogP contribution in [0.2, 0.25) is 0 Å². The van der Waals surface area contributed by atoms with E-state index in [1.165, 1.54) is 23.5 Å². The lowest BCUT2D eigenvalue weighted by Gasteiger charge is -2.14. The number of carboxylic acids is 1. The Morgan fingerprint density at radius 1 is 1.40 bits per heavy atom. The van der Waals surface area contributed by atoms with Crippen LogP contribution >= 0.6 is 11.3 Å². The van der Waals surface area contributed by atoms with Gasteiger partial charge in [0.2, 0.25) is 0 Å². The minimum Gasteiger partial charge on any atom is -0.477 e. The summed E-state index contributed by atoms with van der Waals surface area (Å²) < 4.78 is 12.9. The van der Waals surface area contributed by atoms with Gasteiger partial charge >= 0.3 is 5.97 Å². The molecule has 1 atom stereocenters. The molecule has 1 aromatic heterocycles. The van der Waals surface area contributed by atoms with Crippen molar-refractivity contribution < 1.29 is 14.3 Å². The molecule has 0 spiro atoms. The first kappa shape index (κ1) is 14.7. The van der Waals surface area contributed by atoms with Crippen molar-refractivity contribution in [3.63, 3.8) is 0 Å². The Balaban J connectivity index is 2.01. The Kier molecular flexibility index (Phi) is 4.52. The molecule has 20 heavy (non-hydrogen) atoms. The number of aryl methyl sites for hydroxylation is 1. The van der Waals surface area contributed by atoms with Gasteiger partial charge < -0.3 is 10.4 Å². The molecule has 0 aliphatic carbocycles. The summed E-state index contributed by atoms with van der Waals surface area (Å²) in [5.74, 6) is -1.14. The van der Waals surface area contributed by atoms with Gasteiger partial charge in [-0.15, -0.1) is 11.3 Å².